The monoisotopic (exact) mass is 646 g/mol. The highest BCUT2D eigenvalue weighted by Gasteiger charge is 2.35. The van der Waals surface area contributed by atoms with Crippen molar-refractivity contribution in [2.75, 3.05) is 20.1 Å². The van der Waals surface area contributed by atoms with Gasteiger partial charge in [0, 0.05) is 41.2 Å². The van der Waals surface area contributed by atoms with Gasteiger partial charge >= 0.3 is 0 Å². The summed E-state index contributed by atoms with van der Waals surface area (Å²) in [6, 6.07) is 9.05. The van der Waals surface area contributed by atoms with Crippen LogP contribution in [-0.2, 0) is 4.79 Å². The van der Waals surface area contributed by atoms with E-state index in [4.69, 9.17) is 26.3 Å². The van der Waals surface area contributed by atoms with E-state index in [1.54, 1.807) is 12.4 Å². The average molecular weight is 647 g/mol. The third-order valence-corrected chi connectivity index (χ3v) is 10.2. The van der Waals surface area contributed by atoms with Crippen molar-refractivity contribution < 1.29 is 18.3 Å². The van der Waals surface area contributed by atoms with Gasteiger partial charge in [-0.25, -0.2) is 18.7 Å². The summed E-state index contributed by atoms with van der Waals surface area (Å²) in [7, 11) is 2.07. The van der Waals surface area contributed by atoms with Crippen LogP contribution < -0.4 is 4.74 Å². The zero-order valence-electron chi connectivity index (χ0n) is 26.5. The average Bonchev–Trinajstić information content (AvgIpc) is 3.67. The molecule has 240 valence electrons. The maximum atomic E-state index is 16.9. The van der Waals surface area contributed by atoms with Crippen molar-refractivity contribution in [3.8, 4) is 23.1 Å². The first kappa shape index (κ1) is 31.9. The van der Waals surface area contributed by atoms with E-state index in [-0.39, 0.29) is 42.5 Å². The number of carbonyl (C=O) groups excluding carboxylic acids is 1. The number of aromatic nitrogens is 3. The number of piperidine rings is 1. The molecular formula is C35H37ClF2N6O2. The molecule has 2 aliphatic rings. The molecule has 0 radical (unpaired) electrons. The molecule has 6 rings (SSSR count). The van der Waals surface area contributed by atoms with Crippen molar-refractivity contribution in [3.05, 3.63) is 65.0 Å². The molecule has 2 aromatic carbocycles. The Bertz CT molecular complexity index is 1900. The number of benzene rings is 2. The fraction of sp³-hybridized carbons (Fsp3) is 0.429. The number of nitrogens with zero attached hydrogens (tertiary/aromatic N) is 6. The first-order valence-corrected chi connectivity index (χ1v) is 16.0. The van der Waals surface area contributed by atoms with Crippen LogP contribution in [0.3, 0.4) is 0 Å². The molecular weight excluding hydrogens is 610 g/mol. The van der Waals surface area contributed by atoms with Gasteiger partial charge in [-0.15, -0.1) is 0 Å². The molecule has 2 saturated heterocycles. The van der Waals surface area contributed by atoms with Gasteiger partial charge < -0.3 is 14.2 Å². The third kappa shape index (κ3) is 5.50. The molecule has 2 fully saturated rings. The zero-order valence-corrected chi connectivity index (χ0v) is 27.2. The zero-order chi connectivity index (χ0) is 32.9. The number of likely N-dealkylation sites (N-methyl/N-ethyl adjacent to an activating group) is 1. The molecule has 0 bridgehead atoms. The molecule has 0 aliphatic carbocycles. The van der Waals surface area contributed by atoms with Crippen molar-refractivity contribution in [3.63, 3.8) is 0 Å². The molecule has 46 heavy (non-hydrogen) atoms. The fourth-order valence-electron chi connectivity index (χ4n) is 7.31. The topological polar surface area (TPSA) is 87.3 Å². The van der Waals surface area contributed by atoms with E-state index in [0.717, 1.165) is 24.9 Å². The van der Waals surface area contributed by atoms with Crippen LogP contribution in [0.2, 0.25) is 5.02 Å². The number of ether oxygens (including phenoxy) is 1. The normalized spacial score (nSPS) is 21.1. The Morgan fingerprint density at radius 1 is 1.24 bits per heavy atom. The molecule has 2 aliphatic heterocycles. The van der Waals surface area contributed by atoms with Crippen molar-refractivity contribution in [1.82, 2.24) is 24.3 Å². The van der Waals surface area contributed by atoms with Crippen molar-refractivity contribution in [1.29, 1.82) is 5.26 Å². The van der Waals surface area contributed by atoms with E-state index >= 15 is 4.39 Å². The molecule has 8 nitrogen and oxygen atoms in total. The Kier molecular flexibility index (Phi) is 8.75. The number of pyridine rings is 1. The van der Waals surface area contributed by atoms with Gasteiger partial charge in [0.2, 0.25) is 5.88 Å². The van der Waals surface area contributed by atoms with E-state index in [1.807, 2.05) is 43.5 Å². The number of halogens is 3. The second-order valence-corrected chi connectivity index (χ2v) is 13.0. The van der Waals surface area contributed by atoms with E-state index < -0.39 is 23.6 Å². The van der Waals surface area contributed by atoms with Gasteiger partial charge in [0.1, 0.15) is 11.6 Å². The minimum Gasteiger partial charge on any atom is -0.471 e. The van der Waals surface area contributed by atoms with Crippen LogP contribution in [0.25, 0.3) is 33.1 Å². The predicted octanol–water partition coefficient (Wildman–Crippen LogP) is 7.45. The van der Waals surface area contributed by atoms with Crippen LogP contribution in [0.4, 0.5) is 8.78 Å². The Morgan fingerprint density at radius 2 is 2.02 bits per heavy atom. The molecule has 2 aromatic heterocycles. The molecule has 4 aromatic rings. The first-order chi connectivity index (χ1) is 22.0. The smallest absolute Gasteiger partial charge is 0.282 e. The van der Waals surface area contributed by atoms with Crippen molar-refractivity contribution >= 4 is 39.4 Å². The summed E-state index contributed by atoms with van der Waals surface area (Å²) in [4.78, 5) is 25.8. The van der Waals surface area contributed by atoms with Gasteiger partial charge in [-0.05, 0) is 77.2 Å². The number of hydrogen-bond acceptors (Lipinski definition) is 6. The van der Waals surface area contributed by atoms with Crippen LogP contribution in [0, 0.1) is 31.0 Å². The number of imidazole rings is 1. The third-order valence-electron chi connectivity index (χ3n) is 9.68. The standard InChI is InChI=1S/C35H37ClF2N6O2/c1-19-8-6-9-25(29(19)36)28-20(2)16-26-31(30(28)38)41-34(46-22(4)27-10-7-14-42(27)5)32-33(26)44(18-40-32)24-12-15-43(35(45)21(3)37)23(17-24)11-13-39/h6,8-9,16,18,22-24,27H,3,7,10-12,14-15,17H2,1-2,4-5H3/t22-,23+,24-,27?/m0/s1. The van der Waals surface area contributed by atoms with Crippen LogP contribution in [0.5, 0.6) is 5.88 Å². The number of fused-ring (bicyclic) bond motifs is 3. The number of amides is 1. The van der Waals surface area contributed by atoms with E-state index in [0.29, 0.717) is 51.0 Å². The van der Waals surface area contributed by atoms with Gasteiger partial charge in [0.25, 0.3) is 5.91 Å². The summed E-state index contributed by atoms with van der Waals surface area (Å²) in [5.41, 5.74) is 3.80. The lowest BCUT2D eigenvalue weighted by molar-refractivity contribution is -0.132. The number of likely N-dealkylation sites (tertiary alicyclic amines) is 2. The number of hydrogen-bond donors (Lipinski definition) is 0. The highest BCUT2D eigenvalue weighted by Crippen LogP contribution is 2.42. The SMILES string of the molecule is C=C(F)C(=O)N1CC[C@H](n2cnc3c(O[C@@H](C)C4CCCN4C)nc4c(F)c(-c5cccc(C)c5Cl)c(C)cc4c32)C[C@H]1CC#N. The predicted molar refractivity (Wildman–Crippen MR) is 175 cm³/mol. The van der Waals surface area contributed by atoms with Gasteiger partial charge in [-0.1, -0.05) is 36.4 Å². The summed E-state index contributed by atoms with van der Waals surface area (Å²) in [5.74, 6) is -2.11. The molecule has 1 unspecified atom stereocenters. The second kappa shape index (κ2) is 12.6. The van der Waals surface area contributed by atoms with Gasteiger partial charge in [0.15, 0.2) is 17.2 Å². The lowest BCUT2D eigenvalue weighted by atomic mass is 9.93. The summed E-state index contributed by atoms with van der Waals surface area (Å²) in [6.07, 6.45) is 4.43. The highest BCUT2D eigenvalue weighted by atomic mass is 35.5. The lowest BCUT2D eigenvalue weighted by Gasteiger charge is -2.38. The Balaban J connectivity index is 1.53. The fourth-order valence-corrected chi connectivity index (χ4v) is 7.53. The molecule has 0 N–H and O–H groups in total. The number of carbonyl (C=O) groups is 1. The van der Waals surface area contributed by atoms with Gasteiger partial charge in [-0.2, -0.15) is 5.26 Å². The first-order valence-electron chi connectivity index (χ1n) is 15.7. The Hall–Kier alpha value is -4.07. The molecule has 1 amide bonds. The van der Waals surface area contributed by atoms with E-state index in [1.165, 1.54) is 4.90 Å². The van der Waals surface area contributed by atoms with Crippen molar-refractivity contribution in [2.24, 2.45) is 0 Å². The van der Waals surface area contributed by atoms with Crippen LogP contribution in [0.15, 0.2) is 43.0 Å². The van der Waals surface area contributed by atoms with Crippen LogP contribution in [-0.4, -0.2) is 68.6 Å². The number of rotatable bonds is 7. The largest absolute Gasteiger partial charge is 0.471 e. The highest BCUT2D eigenvalue weighted by molar-refractivity contribution is 6.34. The maximum absolute atomic E-state index is 16.9. The summed E-state index contributed by atoms with van der Waals surface area (Å²) < 4.78 is 39.2. The van der Waals surface area contributed by atoms with Gasteiger partial charge in [-0.3, -0.25) is 9.69 Å². The molecule has 0 spiro atoms. The molecule has 11 heteroatoms. The van der Waals surface area contributed by atoms with Gasteiger partial charge in [0.05, 0.1) is 29.4 Å². The van der Waals surface area contributed by atoms with E-state index in [9.17, 15) is 14.4 Å². The minimum atomic E-state index is -1.05. The van der Waals surface area contributed by atoms with Crippen LogP contribution in [0.1, 0.15) is 56.2 Å². The lowest BCUT2D eigenvalue weighted by Crippen LogP contribution is -2.46. The molecule has 4 heterocycles. The number of nitriles is 1. The minimum absolute atomic E-state index is 0.0413. The van der Waals surface area contributed by atoms with Crippen molar-refractivity contribution in [2.45, 2.75) is 77.1 Å². The van der Waals surface area contributed by atoms with E-state index in [2.05, 4.69) is 24.6 Å². The maximum Gasteiger partial charge on any atom is 0.282 e. The Labute approximate surface area is 272 Å². The van der Waals surface area contributed by atoms with Crippen LogP contribution >= 0.6 is 11.6 Å². The second-order valence-electron chi connectivity index (χ2n) is 12.6. The summed E-state index contributed by atoms with van der Waals surface area (Å²) in [5, 5.41) is 10.6. The number of aryl methyl sites for hydroxylation is 2. The summed E-state index contributed by atoms with van der Waals surface area (Å²) in [6.45, 7) is 10.1. The summed E-state index contributed by atoms with van der Waals surface area (Å²) >= 11 is 6.70. The molecule has 0 saturated carbocycles. The Morgan fingerprint density at radius 3 is 2.72 bits per heavy atom. The quantitative estimate of drug-likeness (QED) is 0.194. The molecule has 4 atom stereocenters.